The number of likely N-dealkylation sites (N-methyl/N-ethyl adjacent to an activating group) is 1. The fourth-order valence-corrected chi connectivity index (χ4v) is 3.62. The van der Waals surface area contributed by atoms with Crippen molar-refractivity contribution in [3.05, 3.63) is 29.8 Å². The molecule has 0 aliphatic carbocycles. The van der Waals surface area contributed by atoms with E-state index in [1.54, 1.807) is 0 Å². The van der Waals surface area contributed by atoms with E-state index in [2.05, 4.69) is 17.3 Å². The maximum atomic E-state index is 12.5. The second kappa shape index (κ2) is 9.30. The Morgan fingerprint density at radius 3 is 2.63 bits per heavy atom. The van der Waals surface area contributed by atoms with Crippen LogP contribution in [0.4, 0.5) is 5.69 Å². The molecule has 2 heterocycles. The number of ether oxygens (including phenoxy) is 1. The minimum absolute atomic E-state index is 0.130. The van der Waals surface area contributed by atoms with Gasteiger partial charge >= 0.3 is 0 Å². The van der Waals surface area contributed by atoms with E-state index >= 15 is 0 Å². The van der Waals surface area contributed by atoms with Gasteiger partial charge < -0.3 is 25.6 Å². The van der Waals surface area contributed by atoms with E-state index in [0.29, 0.717) is 25.3 Å². The van der Waals surface area contributed by atoms with Gasteiger partial charge in [0, 0.05) is 45.1 Å². The van der Waals surface area contributed by atoms with Gasteiger partial charge in [-0.15, -0.1) is 0 Å². The smallest absolute Gasteiger partial charge is 0.241 e. The molecule has 1 unspecified atom stereocenters. The summed E-state index contributed by atoms with van der Waals surface area (Å²) in [6, 6.07) is 6.94. The van der Waals surface area contributed by atoms with Crippen LogP contribution >= 0.6 is 0 Å². The molecule has 148 valence electrons. The molecule has 2 aliphatic heterocycles. The van der Waals surface area contributed by atoms with Crippen molar-refractivity contribution in [1.82, 2.24) is 9.80 Å². The molecule has 0 aromatic heterocycles. The van der Waals surface area contributed by atoms with Crippen LogP contribution in [0.2, 0.25) is 0 Å². The Bertz CT molecular complexity index is 652. The normalized spacial score (nSPS) is 20.3. The highest BCUT2D eigenvalue weighted by Gasteiger charge is 2.26. The van der Waals surface area contributed by atoms with E-state index in [9.17, 15) is 9.59 Å². The lowest BCUT2D eigenvalue weighted by atomic mass is 9.92. The number of rotatable bonds is 5. The number of nitrogens with one attached hydrogen (secondary N) is 1. The van der Waals surface area contributed by atoms with Gasteiger partial charge in [0.05, 0.1) is 12.5 Å². The number of benzene rings is 1. The molecule has 27 heavy (non-hydrogen) atoms. The molecule has 0 saturated carbocycles. The molecular weight excluding hydrogens is 344 g/mol. The van der Waals surface area contributed by atoms with E-state index < -0.39 is 6.04 Å². The van der Waals surface area contributed by atoms with Gasteiger partial charge in [0.25, 0.3) is 0 Å². The first-order valence-corrected chi connectivity index (χ1v) is 9.72. The molecule has 2 fully saturated rings. The summed E-state index contributed by atoms with van der Waals surface area (Å²) in [5.41, 5.74) is 7.72. The van der Waals surface area contributed by atoms with Crippen LogP contribution < -0.4 is 11.1 Å². The van der Waals surface area contributed by atoms with Crippen LogP contribution in [-0.4, -0.2) is 74.1 Å². The largest absolute Gasteiger partial charge is 0.381 e. The molecule has 0 bridgehead atoms. The van der Waals surface area contributed by atoms with Crippen LogP contribution in [0, 0.1) is 5.92 Å². The maximum Gasteiger partial charge on any atom is 0.241 e. The van der Waals surface area contributed by atoms with Crippen molar-refractivity contribution < 1.29 is 14.3 Å². The number of hydrogen-bond donors (Lipinski definition) is 2. The van der Waals surface area contributed by atoms with Gasteiger partial charge in [-0.1, -0.05) is 12.1 Å². The third kappa shape index (κ3) is 5.51. The van der Waals surface area contributed by atoms with Gasteiger partial charge in [0.15, 0.2) is 0 Å². The average molecular weight is 374 g/mol. The SMILES string of the molecule is CN1CCN(C(=O)Cc2cccc(NC(=O)C(N)C3CCOCC3)c2)CC1. The molecule has 1 atom stereocenters. The average Bonchev–Trinajstić information content (AvgIpc) is 2.68. The van der Waals surface area contributed by atoms with Crippen molar-refractivity contribution >= 4 is 17.5 Å². The van der Waals surface area contributed by atoms with Gasteiger partial charge in [-0.05, 0) is 43.5 Å². The first kappa shape index (κ1) is 19.8. The zero-order chi connectivity index (χ0) is 19.2. The predicted molar refractivity (Wildman–Crippen MR) is 104 cm³/mol. The lowest BCUT2D eigenvalue weighted by Gasteiger charge is -2.32. The fraction of sp³-hybridized carbons (Fsp3) is 0.600. The van der Waals surface area contributed by atoms with Crippen LogP contribution in [0.15, 0.2) is 24.3 Å². The summed E-state index contributed by atoms with van der Waals surface area (Å²) in [4.78, 5) is 29.1. The first-order chi connectivity index (χ1) is 13.0. The van der Waals surface area contributed by atoms with E-state index in [1.165, 1.54) is 0 Å². The minimum atomic E-state index is -0.537. The summed E-state index contributed by atoms with van der Waals surface area (Å²) < 4.78 is 5.33. The van der Waals surface area contributed by atoms with Crippen molar-refractivity contribution in [3.8, 4) is 0 Å². The fourth-order valence-electron chi connectivity index (χ4n) is 3.62. The topological polar surface area (TPSA) is 87.9 Å². The van der Waals surface area contributed by atoms with E-state index in [-0.39, 0.29) is 17.7 Å². The van der Waals surface area contributed by atoms with Crippen molar-refractivity contribution in [1.29, 1.82) is 0 Å². The molecule has 3 N–H and O–H groups in total. The number of carbonyl (C=O) groups excluding carboxylic acids is 2. The monoisotopic (exact) mass is 374 g/mol. The number of nitrogens with two attached hydrogens (primary N) is 1. The molecule has 2 aliphatic rings. The summed E-state index contributed by atoms with van der Waals surface area (Å²) in [6.45, 7) is 4.68. The number of nitrogens with zero attached hydrogens (tertiary/aromatic N) is 2. The van der Waals surface area contributed by atoms with E-state index in [0.717, 1.165) is 44.6 Å². The lowest BCUT2D eigenvalue weighted by molar-refractivity contribution is -0.132. The Balaban J connectivity index is 1.55. The third-order valence-electron chi connectivity index (χ3n) is 5.48. The molecule has 0 radical (unpaired) electrons. The van der Waals surface area contributed by atoms with Crippen molar-refractivity contribution in [2.24, 2.45) is 11.7 Å². The van der Waals surface area contributed by atoms with E-state index in [1.807, 2.05) is 29.2 Å². The molecule has 0 spiro atoms. The summed E-state index contributed by atoms with van der Waals surface area (Å²) in [7, 11) is 2.07. The summed E-state index contributed by atoms with van der Waals surface area (Å²) in [5.74, 6) is 0.107. The number of hydrogen-bond acceptors (Lipinski definition) is 5. The van der Waals surface area contributed by atoms with Gasteiger partial charge in [0.1, 0.15) is 0 Å². The second-order valence-corrected chi connectivity index (χ2v) is 7.53. The van der Waals surface area contributed by atoms with E-state index in [4.69, 9.17) is 10.5 Å². The van der Waals surface area contributed by atoms with Crippen LogP contribution in [0.5, 0.6) is 0 Å². The Morgan fingerprint density at radius 1 is 1.22 bits per heavy atom. The van der Waals surface area contributed by atoms with Gasteiger partial charge in [-0.2, -0.15) is 0 Å². The summed E-state index contributed by atoms with van der Waals surface area (Å²) in [5, 5.41) is 2.90. The summed E-state index contributed by atoms with van der Waals surface area (Å²) >= 11 is 0. The van der Waals surface area contributed by atoms with Gasteiger partial charge in [-0.3, -0.25) is 9.59 Å². The quantitative estimate of drug-likeness (QED) is 0.792. The molecule has 3 rings (SSSR count). The van der Waals surface area contributed by atoms with Crippen molar-refractivity contribution in [2.45, 2.75) is 25.3 Å². The van der Waals surface area contributed by atoms with Crippen molar-refractivity contribution in [3.63, 3.8) is 0 Å². The highest BCUT2D eigenvalue weighted by Crippen LogP contribution is 2.19. The zero-order valence-corrected chi connectivity index (χ0v) is 16.0. The van der Waals surface area contributed by atoms with Gasteiger partial charge in [0.2, 0.25) is 11.8 Å². The van der Waals surface area contributed by atoms with Crippen LogP contribution in [0.3, 0.4) is 0 Å². The Labute approximate surface area is 160 Å². The summed E-state index contributed by atoms with van der Waals surface area (Å²) in [6.07, 6.45) is 1.97. The molecule has 2 amide bonds. The standard InChI is InChI=1S/C20H30N4O3/c1-23-7-9-24(10-8-23)18(25)14-15-3-2-4-17(13-15)22-20(26)19(21)16-5-11-27-12-6-16/h2-4,13,16,19H,5-12,14,21H2,1H3,(H,22,26). The number of piperazine rings is 1. The number of anilines is 1. The molecular formula is C20H30N4O3. The zero-order valence-electron chi connectivity index (χ0n) is 16.0. The second-order valence-electron chi connectivity index (χ2n) is 7.53. The molecule has 1 aromatic rings. The lowest BCUT2D eigenvalue weighted by Crippen LogP contribution is -2.47. The first-order valence-electron chi connectivity index (χ1n) is 9.72. The highest BCUT2D eigenvalue weighted by molar-refractivity contribution is 5.95. The molecule has 1 aromatic carbocycles. The van der Waals surface area contributed by atoms with Gasteiger partial charge in [-0.25, -0.2) is 0 Å². The maximum absolute atomic E-state index is 12.5. The number of carbonyl (C=O) groups is 2. The molecule has 7 nitrogen and oxygen atoms in total. The Kier molecular flexibility index (Phi) is 6.82. The highest BCUT2D eigenvalue weighted by atomic mass is 16.5. The number of amides is 2. The minimum Gasteiger partial charge on any atom is -0.381 e. The predicted octanol–water partition coefficient (Wildman–Crippen LogP) is 0.696. The Hall–Kier alpha value is -1.96. The van der Waals surface area contributed by atoms with Crippen LogP contribution in [-0.2, 0) is 20.7 Å². The molecule has 2 saturated heterocycles. The third-order valence-corrected chi connectivity index (χ3v) is 5.48. The van der Waals surface area contributed by atoms with Crippen LogP contribution in [0.1, 0.15) is 18.4 Å². The van der Waals surface area contributed by atoms with Crippen LogP contribution in [0.25, 0.3) is 0 Å². The molecule has 7 heteroatoms. The Morgan fingerprint density at radius 2 is 1.93 bits per heavy atom. The van der Waals surface area contributed by atoms with Crippen molar-refractivity contribution in [2.75, 3.05) is 51.8 Å².